The van der Waals surface area contributed by atoms with Crippen LogP contribution in [-0.4, -0.2) is 23.5 Å². The second kappa shape index (κ2) is 8.80. The van der Waals surface area contributed by atoms with Gasteiger partial charge in [0.05, 0.1) is 12.7 Å². The molecule has 3 nitrogen and oxygen atoms in total. The molecule has 1 rings (SSSR count). The number of nitrogens with zero attached hydrogens (tertiary/aromatic N) is 1. The molecule has 0 aliphatic heterocycles. The maximum Gasteiger partial charge on any atom is 0.180 e. The quantitative estimate of drug-likeness (QED) is 0.659. The molecule has 0 spiro atoms. The van der Waals surface area contributed by atoms with E-state index in [1.165, 1.54) is 37.8 Å². The van der Waals surface area contributed by atoms with Crippen LogP contribution in [0.25, 0.3) is 0 Å². The number of aromatic nitrogens is 1. The second-order valence-corrected chi connectivity index (χ2v) is 4.54. The van der Waals surface area contributed by atoms with Gasteiger partial charge in [-0.1, -0.05) is 12.8 Å². The molecular formula is C11H20N2OS. The zero-order valence-electron chi connectivity index (χ0n) is 9.37. The predicted molar refractivity (Wildman–Crippen MR) is 65.1 cm³/mol. The third-order valence-corrected chi connectivity index (χ3v) is 2.93. The van der Waals surface area contributed by atoms with Gasteiger partial charge in [-0.05, 0) is 31.4 Å². The van der Waals surface area contributed by atoms with Crippen LogP contribution in [0.15, 0.2) is 17.0 Å². The predicted octanol–water partition coefficient (Wildman–Crippen LogP) is 2.69. The molecule has 0 aliphatic rings. The average molecular weight is 228 g/mol. The van der Waals surface area contributed by atoms with Crippen molar-refractivity contribution in [2.45, 2.75) is 32.2 Å². The van der Waals surface area contributed by atoms with E-state index in [0.29, 0.717) is 0 Å². The molecule has 15 heavy (non-hydrogen) atoms. The van der Waals surface area contributed by atoms with Crippen LogP contribution in [0.2, 0.25) is 0 Å². The van der Waals surface area contributed by atoms with Crippen LogP contribution >= 0.6 is 11.8 Å². The Bertz CT molecular complexity index is 227. The van der Waals surface area contributed by atoms with Gasteiger partial charge in [-0.25, -0.2) is 4.98 Å². The lowest BCUT2D eigenvalue weighted by molar-refractivity contribution is 0.474. The summed E-state index contributed by atoms with van der Waals surface area (Å²) >= 11 is 1.93. The van der Waals surface area contributed by atoms with Crippen molar-refractivity contribution in [2.75, 3.05) is 18.6 Å². The minimum atomic E-state index is 0.796. The lowest BCUT2D eigenvalue weighted by Crippen LogP contribution is -2.14. The van der Waals surface area contributed by atoms with Crippen molar-refractivity contribution in [2.24, 2.45) is 0 Å². The number of unbranched alkanes of at least 4 members (excludes halogenated alkanes) is 3. The van der Waals surface area contributed by atoms with Crippen LogP contribution in [0.4, 0.5) is 0 Å². The molecule has 0 bridgehead atoms. The average Bonchev–Trinajstić information content (AvgIpc) is 2.75. The highest BCUT2D eigenvalue weighted by molar-refractivity contribution is 7.98. The molecule has 1 N–H and O–H groups in total. The summed E-state index contributed by atoms with van der Waals surface area (Å²) in [6.07, 6.45) is 10.7. The number of nitrogens with one attached hydrogen (secondary N) is 1. The van der Waals surface area contributed by atoms with Gasteiger partial charge in [0.15, 0.2) is 6.39 Å². The summed E-state index contributed by atoms with van der Waals surface area (Å²) in [6.45, 7) is 1.87. The van der Waals surface area contributed by atoms with E-state index in [4.69, 9.17) is 4.42 Å². The van der Waals surface area contributed by atoms with Crippen LogP contribution in [-0.2, 0) is 6.54 Å². The van der Waals surface area contributed by atoms with Crippen LogP contribution in [0.3, 0.4) is 0 Å². The highest BCUT2D eigenvalue weighted by atomic mass is 32.2. The molecule has 0 radical (unpaired) electrons. The first kappa shape index (κ1) is 12.6. The molecular weight excluding hydrogens is 208 g/mol. The normalized spacial score (nSPS) is 10.7. The molecule has 0 aliphatic carbocycles. The van der Waals surface area contributed by atoms with Crippen molar-refractivity contribution in [3.8, 4) is 0 Å². The van der Waals surface area contributed by atoms with Gasteiger partial charge in [-0.15, -0.1) is 0 Å². The van der Waals surface area contributed by atoms with Crippen molar-refractivity contribution < 1.29 is 4.42 Å². The zero-order chi connectivity index (χ0) is 10.8. The highest BCUT2D eigenvalue weighted by Crippen LogP contribution is 2.04. The Hall–Kier alpha value is -0.480. The van der Waals surface area contributed by atoms with E-state index < -0.39 is 0 Å². The molecule has 86 valence electrons. The van der Waals surface area contributed by atoms with E-state index in [-0.39, 0.29) is 0 Å². The Morgan fingerprint density at radius 2 is 2.20 bits per heavy atom. The van der Waals surface area contributed by atoms with Gasteiger partial charge in [-0.2, -0.15) is 11.8 Å². The fraction of sp³-hybridized carbons (Fsp3) is 0.727. The molecule has 0 saturated carbocycles. The number of hydrogen-bond donors (Lipinski definition) is 1. The lowest BCUT2D eigenvalue weighted by atomic mass is 10.2. The third kappa shape index (κ3) is 6.57. The number of hydrogen-bond acceptors (Lipinski definition) is 4. The molecule has 0 aromatic carbocycles. The van der Waals surface area contributed by atoms with Gasteiger partial charge >= 0.3 is 0 Å². The number of oxazole rings is 1. The molecule has 1 heterocycles. The lowest BCUT2D eigenvalue weighted by Gasteiger charge is -2.02. The summed E-state index contributed by atoms with van der Waals surface area (Å²) in [5.41, 5.74) is 0. The Morgan fingerprint density at radius 3 is 2.93 bits per heavy atom. The number of rotatable bonds is 9. The fourth-order valence-electron chi connectivity index (χ4n) is 1.39. The third-order valence-electron chi connectivity index (χ3n) is 2.23. The van der Waals surface area contributed by atoms with Gasteiger partial charge in [-0.3, -0.25) is 0 Å². The van der Waals surface area contributed by atoms with E-state index in [1.807, 2.05) is 11.8 Å². The van der Waals surface area contributed by atoms with Crippen molar-refractivity contribution in [3.05, 3.63) is 18.4 Å². The summed E-state index contributed by atoms with van der Waals surface area (Å²) in [6, 6.07) is 0. The van der Waals surface area contributed by atoms with E-state index in [9.17, 15) is 0 Å². The van der Waals surface area contributed by atoms with Crippen molar-refractivity contribution >= 4 is 11.8 Å². The molecule has 1 aromatic heterocycles. The van der Waals surface area contributed by atoms with Crippen LogP contribution in [0.1, 0.15) is 31.4 Å². The summed E-state index contributed by atoms with van der Waals surface area (Å²) in [5.74, 6) is 2.21. The van der Waals surface area contributed by atoms with Gasteiger partial charge in [0, 0.05) is 0 Å². The summed E-state index contributed by atoms with van der Waals surface area (Å²) in [4.78, 5) is 3.86. The summed E-state index contributed by atoms with van der Waals surface area (Å²) < 4.78 is 5.12. The first-order valence-electron chi connectivity index (χ1n) is 5.50. The first-order chi connectivity index (χ1) is 7.43. The molecule has 0 saturated heterocycles. The maximum atomic E-state index is 5.12. The molecule has 0 amide bonds. The maximum absolute atomic E-state index is 5.12. The smallest absolute Gasteiger partial charge is 0.180 e. The van der Waals surface area contributed by atoms with Crippen molar-refractivity contribution in [3.63, 3.8) is 0 Å². The van der Waals surface area contributed by atoms with Crippen LogP contribution < -0.4 is 5.32 Å². The summed E-state index contributed by atoms with van der Waals surface area (Å²) in [5, 5.41) is 3.34. The van der Waals surface area contributed by atoms with Crippen LogP contribution in [0.5, 0.6) is 0 Å². The van der Waals surface area contributed by atoms with Gasteiger partial charge in [0.1, 0.15) is 5.76 Å². The van der Waals surface area contributed by atoms with E-state index >= 15 is 0 Å². The highest BCUT2D eigenvalue weighted by Gasteiger charge is 1.95. The molecule has 4 heteroatoms. The van der Waals surface area contributed by atoms with Crippen LogP contribution in [0, 0.1) is 0 Å². The molecule has 0 atom stereocenters. The van der Waals surface area contributed by atoms with Gasteiger partial charge in [0.25, 0.3) is 0 Å². The Labute approximate surface area is 96.0 Å². The van der Waals surface area contributed by atoms with E-state index in [0.717, 1.165) is 18.8 Å². The Kier molecular flexibility index (Phi) is 7.38. The molecule has 0 unspecified atom stereocenters. The molecule has 1 aromatic rings. The number of thioether (sulfide) groups is 1. The summed E-state index contributed by atoms with van der Waals surface area (Å²) in [7, 11) is 0. The standard InChI is InChI=1S/C11H20N2OS/c1-15-7-5-3-2-4-6-12-8-11-9-13-10-14-11/h9-10,12H,2-8H2,1H3. The monoisotopic (exact) mass is 228 g/mol. The fourth-order valence-corrected chi connectivity index (χ4v) is 1.88. The Balaban J connectivity index is 1.81. The van der Waals surface area contributed by atoms with Crippen molar-refractivity contribution in [1.29, 1.82) is 0 Å². The minimum absolute atomic E-state index is 0.796. The minimum Gasteiger partial charge on any atom is -0.447 e. The topological polar surface area (TPSA) is 38.1 Å². The van der Waals surface area contributed by atoms with E-state index in [2.05, 4.69) is 16.6 Å². The first-order valence-corrected chi connectivity index (χ1v) is 6.90. The zero-order valence-corrected chi connectivity index (χ0v) is 10.2. The van der Waals surface area contributed by atoms with Crippen molar-refractivity contribution in [1.82, 2.24) is 10.3 Å². The van der Waals surface area contributed by atoms with Gasteiger partial charge < -0.3 is 9.73 Å². The largest absolute Gasteiger partial charge is 0.447 e. The van der Waals surface area contributed by atoms with E-state index in [1.54, 1.807) is 6.20 Å². The Morgan fingerprint density at radius 1 is 1.33 bits per heavy atom. The second-order valence-electron chi connectivity index (χ2n) is 3.55. The SMILES string of the molecule is CSCCCCCCNCc1cnco1. The molecule has 0 fully saturated rings. The van der Waals surface area contributed by atoms with Gasteiger partial charge in [0.2, 0.25) is 0 Å².